The zero-order valence-electron chi connectivity index (χ0n) is 9.10. The van der Waals surface area contributed by atoms with E-state index in [0.717, 1.165) is 32.0 Å². The van der Waals surface area contributed by atoms with E-state index < -0.39 is 0 Å². The van der Waals surface area contributed by atoms with E-state index in [0.29, 0.717) is 5.38 Å². The van der Waals surface area contributed by atoms with Crippen LogP contribution in [0.5, 0.6) is 0 Å². The second-order valence-electron chi connectivity index (χ2n) is 4.17. The molecule has 0 aliphatic heterocycles. The lowest BCUT2D eigenvalue weighted by atomic mass is 9.89. The van der Waals surface area contributed by atoms with Gasteiger partial charge < -0.3 is 10.1 Å². The summed E-state index contributed by atoms with van der Waals surface area (Å²) >= 11 is 6.05. The second-order valence-corrected chi connectivity index (χ2v) is 4.79. The van der Waals surface area contributed by atoms with Gasteiger partial charge in [-0.3, -0.25) is 0 Å². The summed E-state index contributed by atoms with van der Waals surface area (Å²) in [7, 11) is 1.75. The molecule has 0 radical (unpaired) electrons. The molecule has 1 fully saturated rings. The highest BCUT2D eigenvalue weighted by Gasteiger charge is 2.18. The Kier molecular flexibility index (Phi) is 6.57. The maximum atomic E-state index is 6.05. The van der Waals surface area contributed by atoms with Gasteiger partial charge in [0.1, 0.15) is 0 Å². The topological polar surface area (TPSA) is 21.3 Å². The third-order valence-corrected chi connectivity index (χ3v) is 3.35. The Morgan fingerprint density at radius 1 is 1.29 bits per heavy atom. The van der Waals surface area contributed by atoms with Crippen molar-refractivity contribution in [2.75, 3.05) is 26.8 Å². The van der Waals surface area contributed by atoms with Crippen LogP contribution in [0.4, 0.5) is 0 Å². The van der Waals surface area contributed by atoms with Gasteiger partial charge in [-0.05, 0) is 51.1 Å². The minimum atomic E-state index is 0.444. The van der Waals surface area contributed by atoms with Crippen molar-refractivity contribution in [2.45, 2.75) is 37.5 Å². The fourth-order valence-electron chi connectivity index (χ4n) is 1.97. The zero-order valence-corrected chi connectivity index (χ0v) is 9.85. The Morgan fingerprint density at radius 3 is 2.64 bits per heavy atom. The largest absolute Gasteiger partial charge is 0.385 e. The molecule has 1 aliphatic rings. The summed E-state index contributed by atoms with van der Waals surface area (Å²) in [6.07, 6.45) is 6.11. The lowest BCUT2D eigenvalue weighted by molar-refractivity contribution is 0.193. The van der Waals surface area contributed by atoms with Gasteiger partial charge >= 0.3 is 0 Å². The Labute approximate surface area is 92.3 Å². The molecule has 1 saturated carbocycles. The number of rotatable bonds is 6. The highest BCUT2D eigenvalue weighted by molar-refractivity contribution is 6.20. The molecule has 1 aliphatic carbocycles. The van der Waals surface area contributed by atoms with Crippen LogP contribution in [-0.2, 0) is 4.74 Å². The third kappa shape index (κ3) is 5.18. The van der Waals surface area contributed by atoms with Crippen LogP contribution in [-0.4, -0.2) is 32.2 Å². The molecular weight excluding hydrogens is 198 g/mol. The molecule has 1 rings (SSSR count). The summed E-state index contributed by atoms with van der Waals surface area (Å²) in [5, 5.41) is 3.93. The van der Waals surface area contributed by atoms with Crippen molar-refractivity contribution < 1.29 is 4.74 Å². The minimum Gasteiger partial charge on any atom is -0.385 e. The molecule has 0 bridgehead atoms. The molecule has 84 valence electrons. The van der Waals surface area contributed by atoms with E-state index in [-0.39, 0.29) is 0 Å². The standard InChI is InChI=1S/C11H22ClNO/c1-14-8-2-7-13-9-10-3-5-11(12)6-4-10/h10-11,13H,2-9H2,1H3. The third-order valence-electron chi connectivity index (χ3n) is 2.91. The van der Waals surface area contributed by atoms with Crippen LogP contribution < -0.4 is 5.32 Å². The number of ether oxygens (including phenoxy) is 1. The van der Waals surface area contributed by atoms with Gasteiger partial charge in [-0.1, -0.05) is 0 Å². The first kappa shape index (κ1) is 12.3. The molecule has 1 N–H and O–H groups in total. The van der Waals surface area contributed by atoms with Gasteiger partial charge in [-0.25, -0.2) is 0 Å². The monoisotopic (exact) mass is 219 g/mol. The number of halogens is 1. The van der Waals surface area contributed by atoms with Crippen LogP contribution in [0, 0.1) is 5.92 Å². The minimum absolute atomic E-state index is 0.444. The Bertz CT molecular complexity index is 135. The summed E-state index contributed by atoms with van der Waals surface area (Å²) < 4.78 is 4.99. The van der Waals surface area contributed by atoms with E-state index in [1.165, 1.54) is 25.7 Å². The van der Waals surface area contributed by atoms with E-state index in [1.54, 1.807) is 7.11 Å². The molecule has 0 atom stereocenters. The molecule has 0 unspecified atom stereocenters. The van der Waals surface area contributed by atoms with Gasteiger partial charge in [-0.15, -0.1) is 11.6 Å². The van der Waals surface area contributed by atoms with Crippen LogP contribution in [0.15, 0.2) is 0 Å². The first-order valence-corrected chi connectivity index (χ1v) is 6.10. The van der Waals surface area contributed by atoms with Crippen molar-refractivity contribution >= 4 is 11.6 Å². The van der Waals surface area contributed by atoms with E-state index in [1.807, 2.05) is 0 Å². The van der Waals surface area contributed by atoms with Gasteiger partial charge in [0.25, 0.3) is 0 Å². The first-order chi connectivity index (χ1) is 6.83. The Hall–Kier alpha value is 0.210. The molecule has 14 heavy (non-hydrogen) atoms. The van der Waals surface area contributed by atoms with Gasteiger partial charge in [0.2, 0.25) is 0 Å². The molecule has 0 aromatic heterocycles. The van der Waals surface area contributed by atoms with Gasteiger partial charge in [0.05, 0.1) is 0 Å². The van der Waals surface area contributed by atoms with Crippen molar-refractivity contribution in [3.8, 4) is 0 Å². The van der Waals surface area contributed by atoms with Crippen molar-refractivity contribution in [3.05, 3.63) is 0 Å². The molecule has 0 saturated heterocycles. The van der Waals surface area contributed by atoms with Crippen LogP contribution in [0.1, 0.15) is 32.1 Å². The maximum Gasteiger partial charge on any atom is 0.0474 e. The summed E-state index contributed by atoms with van der Waals surface area (Å²) in [5.74, 6) is 0.854. The number of hydrogen-bond donors (Lipinski definition) is 1. The van der Waals surface area contributed by atoms with E-state index in [4.69, 9.17) is 16.3 Å². The lowest BCUT2D eigenvalue weighted by Gasteiger charge is -2.25. The number of alkyl halides is 1. The Morgan fingerprint density at radius 2 is 2.00 bits per heavy atom. The van der Waals surface area contributed by atoms with Gasteiger partial charge in [0, 0.05) is 19.1 Å². The summed E-state index contributed by atoms with van der Waals surface area (Å²) in [6, 6.07) is 0. The Balaban J connectivity index is 1.91. The summed E-state index contributed by atoms with van der Waals surface area (Å²) in [4.78, 5) is 0. The normalized spacial score (nSPS) is 27.9. The number of nitrogens with one attached hydrogen (secondary N) is 1. The molecule has 0 amide bonds. The summed E-state index contributed by atoms with van der Waals surface area (Å²) in [5.41, 5.74) is 0. The molecule has 2 nitrogen and oxygen atoms in total. The lowest BCUT2D eigenvalue weighted by Crippen LogP contribution is -2.27. The first-order valence-electron chi connectivity index (χ1n) is 5.66. The van der Waals surface area contributed by atoms with Crippen molar-refractivity contribution in [1.82, 2.24) is 5.32 Å². The van der Waals surface area contributed by atoms with Crippen molar-refractivity contribution in [2.24, 2.45) is 5.92 Å². The summed E-state index contributed by atoms with van der Waals surface area (Å²) in [6.45, 7) is 3.10. The van der Waals surface area contributed by atoms with Crippen LogP contribution in [0.3, 0.4) is 0 Å². The molecule has 0 aromatic carbocycles. The van der Waals surface area contributed by atoms with E-state index in [9.17, 15) is 0 Å². The quantitative estimate of drug-likeness (QED) is 0.547. The van der Waals surface area contributed by atoms with Crippen molar-refractivity contribution in [1.29, 1.82) is 0 Å². The van der Waals surface area contributed by atoms with E-state index in [2.05, 4.69) is 5.32 Å². The van der Waals surface area contributed by atoms with Crippen LogP contribution >= 0.6 is 11.6 Å². The van der Waals surface area contributed by atoms with Crippen LogP contribution in [0.2, 0.25) is 0 Å². The molecule has 0 spiro atoms. The second kappa shape index (κ2) is 7.49. The SMILES string of the molecule is COCCCNCC1CCC(Cl)CC1. The highest BCUT2D eigenvalue weighted by atomic mass is 35.5. The predicted octanol–water partition coefficient (Wildman–Crippen LogP) is 2.41. The molecule has 0 heterocycles. The molecular formula is C11H22ClNO. The van der Waals surface area contributed by atoms with Gasteiger partial charge in [-0.2, -0.15) is 0 Å². The maximum absolute atomic E-state index is 6.05. The highest BCUT2D eigenvalue weighted by Crippen LogP contribution is 2.26. The number of hydrogen-bond acceptors (Lipinski definition) is 2. The average molecular weight is 220 g/mol. The number of methoxy groups -OCH3 is 1. The van der Waals surface area contributed by atoms with Gasteiger partial charge in [0.15, 0.2) is 0 Å². The molecule has 3 heteroatoms. The average Bonchev–Trinajstić information content (AvgIpc) is 2.21. The zero-order chi connectivity index (χ0) is 10.2. The fourth-order valence-corrected chi connectivity index (χ4v) is 2.23. The van der Waals surface area contributed by atoms with Crippen LogP contribution in [0.25, 0.3) is 0 Å². The van der Waals surface area contributed by atoms with E-state index >= 15 is 0 Å². The van der Waals surface area contributed by atoms with Crippen molar-refractivity contribution in [3.63, 3.8) is 0 Å². The molecule has 0 aromatic rings. The smallest absolute Gasteiger partial charge is 0.0474 e. The predicted molar refractivity (Wildman–Crippen MR) is 61.0 cm³/mol. The fraction of sp³-hybridized carbons (Fsp3) is 1.00.